The minimum absolute atomic E-state index is 0.209. The zero-order valence-corrected chi connectivity index (χ0v) is 19.4. The number of nitriles is 1. The maximum Gasteiger partial charge on any atom is 0.147 e. The van der Waals surface area contributed by atoms with Gasteiger partial charge in [0.2, 0.25) is 0 Å². The van der Waals surface area contributed by atoms with Crippen LogP contribution in [-0.2, 0) is 6.61 Å². The molecule has 1 aromatic carbocycles. The average Bonchev–Trinajstić information content (AvgIpc) is 3.11. The highest BCUT2D eigenvalue weighted by Gasteiger charge is 2.37. The van der Waals surface area contributed by atoms with Crippen LogP contribution in [0.1, 0.15) is 62.9 Å². The normalized spacial score (nSPS) is 17.2. The SMILES string of the molecule is CCC1(CC)CCC[C@H]1N.Cc1nc(N)c(CO)nc1Sc1cccc(Cl)c1C#N. The van der Waals surface area contributed by atoms with Crippen LogP contribution < -0.4 is 11.5 Å². The van der Waals surface area contributed by atoms with Crippen molar-refractivity contribution < 1.29 is 5.11 Å². The average molecular weight is 448 g/mol. The van der Waals surface area contributed by atoms with Gasteiger partial charge in [-0.3, -0.25) is 0 Å². The van der Waals surface area contributed by atoms with Crippen LogP contribution in [-0.4, -0.2) is 21.1 Å². The molecule has 0 amide bonds. The van der Waals surface area contributed by atoms with Crippen LogP contribution in [0.15, 0.2) is 28.1 Å². The van der Waals surface area contributed by atoms with Gasteiger partial charge in [-0.25, -0.2) is 9.97 Å². The first-order valence-electron chi connectivity index (χ1n) is 10.2. The van der Waals surface area contributed by atoms with Crippen molar-refractivity contribution in [2.75, 3.05) is 5.73 Å². The molecule has 1 aromatic heterocycles. The van der Waals surface area contributed by atoms with Gasteiger partial charge in [0.15, 0.2) is 0 Å². The number of benzene rings is 1. The third-order valence-electron chi connectivity index (χ3n) is 5.96. The lowest BCUT2D eigenvalue weighted by atomic mass is 9.78. The lowest BCUT2D eigenvalue weighted by Gasteiger charge is -2.30. The molecule has 0 unspecified atom stereocenters. The van der Waals surface area contributed by atoms with Crippen molar-refractivity contribution in [2.24, 2.45) is 11.1 Å². The van der Waals surface area contributed by atoms with Gasteiger partial charge in [0, 0.05) is 10.9 Å². The van der Waals surface area contributed by atoms with E-state index in [0.29, 0.717) is 43.4 Å². The summed E-state index contributed by atoms with van der Waals surface area (Å²) in [5.74, 6) is 0.209. The fourth-order valence-corrected chi connectivity index (χ4v) is 5.10. The van der Waals surface area contributed by atoms with E-state index in [4.69, 9.17) is 28.3 Å². The summed E-state index contributed by atoms with van der Waals surface area (Å²) in [4.78, 5) is 9.09. The van der Waals surface area contributed by atoms with E-state index in [1.165, 1.54) is 43.9 Å². The van der Waals surface area contributed by atoms with Gasteiger partial charge in [0.25, 0.3) is 0 Å². The predicted molar refractivity (Wildman–Crippen MR) is 122 cm³/mol. The Kier molecular flexibility index (Phi) is 8.92. The number of hydrogen-bond acceptors (Lipinski definition) is 7. The smallest absolute Gasteiger partial charge is 0.147 e. The molecule has 1 atom stereocenters. The molecule has 1 saturated carbocycles. The molecule has 0 bridgehead atoms. The van der Waals surface area contributed by atoms with Gasteiger partial charge in [0.05, 0.1) is 22.9 Å². The van der Waals surface area contributed by atoms with Crippen molar-refractivity contribution in [1.29, 1.82) is 5.26 Å². The molecule has 1 aliphatic rings. The van der Waals surface area contributed by atoms with Crippen molar-refractivity contribution in [3.8, 4) is 6.07 Å². The summed E-state index contributed by atoms with van der Waals surface area (Å²) in [6.45, 7) is 6.03. The number of hydrogen-bond donors (Lipinski definition) is 3. The molecule has 1 fully saturated rings. The summed E-state index contributed by atoms with van der Waals surface area (Å²) < 4.78 is 0. The highest BCUT2D eigenvalue weighted by Crippen LogP contribution is 2.42. The summed E-state index contributed by atoms with van der Waals surface area (Å²) in [6, 6.07) is 7.76. The zero-order chi connectivity index (χ0) is 22.3. The Morgan fingerprint density at radius 3 is 2.53 bits per heavy atom. The number of nitrogens with two attached hydrogens (primary N) is 2. The molecule has 8 heteroatoms. The molecule has 0 radical (unpaired) electrons. The maximum atomic E-state index is 9.18. The molecule has 3 rings (SSSR count). The van der Waals surface area contributed by atoms with Gasteiger partial charge in [-0.2, -0.15) is 5.26 Å². The van der Waals surface area contributed by atoms with Crippen molar-refractivity contribution in [2.45, 2.75) is 75.4 Å². The van der Waals surface area contributed by atoms with E-state index in [9.17, 15) is 5.11 Å². The Morgan fingerprint density at radius 2 is 2.03 bits per heavy atom. The van der Waals surface area contributed by atoms with Gasteiger partial charge >= 0.3 is 0 Å². The lowest BCUT2D eigenvalue weighted by molar-refractivity contribution is 0.237. The van der Waals surface area contributed by atoms with Crippen LogP contribution in [0.25, 0.3) is 0 Å². The molecule has 162 valence electrons. The van der Waals surface area contributed by atoms with Crippen molar-refractivity contribution >= 4 is 29.2 Å². The highest BCUT2D eigenvalue weighted by atomic mass is 35.5. The summed E-state index contributed by atoms with van der Waals surface area (Å²) in [6.07, 6.45) is 6.50. The van der Waals surface area contributed by atoms with Crippen LogP contribution in [0.5, 0.6) is 0 Å². The molecule has 6 nitrogen and oxygen atoms in total. The molecule has 0 aliphatic heterocycles. The van der Waals surface area contributed by atoms with Gasteiger partial charge in [0.1, 0.15) is 22.6 Å². The maximum absolute atomic E-state index is 9.18. The van der Waals surface area contributed by atoms with Crippen molar-refractivity contribution in [1.82, 2.24) is 9.97 Å². The van der Waals surface area contributed by atoms with Gasteiger partial charge < -0.3 is 16.6 Å². The standard InChI is InChI=1S/C13H11ClN4OS.C9H19N/c1-7-13(18-10(6-19)12(16)17-7)20-11-4-2-3-9(14)8(11)5-15;1-3-9(4-2)7-5-6-8(9)10/h2-4,19H,6H2,1H3,(H2,16,17);8H,3-7,10H2,1-2H3/t;8-/m.1/s1. The van der Waals surface area contributed by atoms with Crippen molar-refractivity contribution in [3.05, 3.63) is 40.2 Å². The topological polar surface area (TPSA) is 122 Å². The predicted octanol–water partition coefficient (Wildman–Crippen LogP) is 4.84. The van der Waals surface area contributed by atoms with E-state index < -0.39 is 0 Å². The summed E-state index contributed by atoms with van der Waals surface area (Å²) in [5.41, 5.74) is 13.5. The van der Waals surface area contributed by atoms with Gasteiger partial charge in [-0.05, 0) is 50.2 Å². The number of anilines is 1. The van der Waals surface area contributed by atoms with Crippen LogP contribution in [0.2, 0.25) is 5.02 Å². The number of halogens is 1. The van der Waals surface area contributed by atoms with E-state index in [2.05, 4.69) is 29.9 Å². The Hall–Kier alpha value is -1.85. The molecule has 2 aromatic rings. The Labute approximate surface area is 188 Å². The Morgan fingerprint density at radius 1 is 1.33 bits per heavy atom. The third kappa shape index (κ3) is 5.44. The van der Waals surface area contributed by atoms with Crippen molar-refractivity contribution in [3.63, 3.8) is 0 Å². The summed E-state index contributed by atoms with van der Waals surface area (Å²) in [5, 5.41) is 19.3. The van der Waals surface area contributed by atoms with E-state index in [0.717, 1.165) is 0 Å². The molecular weight excluding hydrogens is 418 g/mol. The first-order valence-corrected chi connectivity index (χ1v) is 11.4. The van der Waals surface area contributed by atoms with Crippen LogP contribution in [0, 0.1) is 23.7 Å². The monoisotopic (exact) mass is 447 g/mol. The molecule has 1 aliphatic carbocycles. The minimum atomic E-state index is -0.284. The first kappa shape index (κ1) is 24.4. The number of aryl methyl sites for hydroxylation is 1. The molecule has 1 heterocycles. The molecule has 0 saturated heterocycles. The summed E-state index contributed by atoms with van der Waals surface area (Å²) in [7, 11) is 0. The van der Waals surface area contributed by atoms with E-state index in [-0.39, 0.29) is 12.4 Å². The quantitative estimate of drug-likeness (QED) is 0.599. The number of aliphatic hydroxyl groups excluding tert-OH is 1. The Bertz CT molecular complexity index is 911. The largest absolute Gasteiger partial charge is 0.390 e. The summed E-state index contributed by atoms with van der Waals surface area (Å²) >= 11 is 7.26. The molecule has 0 spiro atoms. The number of aliphatic hydroxyl groups is 1. The van der Waals surface area contributed by atoms with E-state index in [1.807, 2.05) is 0 Å². The van der Waals surface area contributed by atoms with Crippen LogP contribution in [0.3, 0.4) is 0 Å². The zero-order valence-electron chi connectivity index (χ0n) is 17.8. The number of rotatable bonds is 5. The fraction of sp³-hybridized carbons (Fsp3) is 0.500. The van der Waals surface area contributed by atoms with E-state index in [1.54, 1.807) is 25.1 Å². The second kappa shape index (κ2) is 11.0. The molecule has 30 heavy (non-hydrogen) atoms. The Balaban J connectivity index is 0.000000269. The molecular formula is C22H30ClN5OS. The highest BCUT2D eigenvalue weighted by molar-refractivity contribution is 7.99. The number of nitrogen functional groups attached to an aromatic ring is 1. The molecule has 5 N–H and O–H groups in total. The number of aromatic nitrogens is 2. The minimum Gasteiger partial charge on any atom is -0.390 e. The lowest BCUT2D eigenvalue weighted by Crippen LogP contribution is -2.35. The van der Waals surface area contributed by atoms with E-state index >= 15 is 0 Å². The van der Waals surface area contributed by atoms with Crippen LogP contribution >= 0.6 is 23.4 Å². The van der Waals surface area contributed by atoms with Gasteiger partial charge in [-0.15, -0.1) is 0 Å². The first-order chi connectivity index (χ1) is 14.3. The van der Waals surface area contributed by atoms with Crippen LogP contribution in [0.4, 0.5) is 5.82 Å². The third-order valence-corrected chi connectivity index (χ3v) is 7.41. The fourth-order valence-electron chi connectivity index (χ4n) is 3.86. The second-order valence-corrected chi connectivity index (χ2v) is 8.94. The second-order valence-electron chi connectivity index (χ2n) is 7.50. The van der Waals surface area contributed by atoms with Gasteiger partial charge in [-0.1, -0.05) is 49.7 Å². The number of nitrogens with zero attached hydrogens (tertiary/aromatic N) is 3.